The van der Waals surface area contributed by atoms with Crippen molar-refractivity contribution in [1.29, 1.82) is 0 Å². The van der Waals surface area contributed by atoms with Gasteiger partial charge in [-0.3, -0.25) is 0 Å². The van der Waals surface area contributed by atoms with Crippen LogP contribution < -0.4 is 0 Å². The molecule has 0 unspecified atom stereocenters. The van der Waals surface area contributed by atoms with E-state index in [1.165, 1.54) is 47.1 Å². The molecule has 0 N–H and O–H groups in total. The lowest BCUT2D eigenvalue weighted by Gasteiger charge is -2.11. The smallest absolute Gasteiger partial charge is 0.0152 e. The largest absolute Gasteiger partial charge is 0.0654 e. The Bertz CT molecular complexity index is 506. The van der Waals surface area contributed by atoms with Crippen molar-refractivity contribution in [3.63, 3.8) is 0 Å². The summed E-state index contributed by atoms with van der Waals surface area (Å²) in [6, 6.07) is 15.7. The summed E-state index contributed by atoms with van der Waals surface area (Å²) in [7, 11) is 0. The second kappa shape index (κ2) is 5.86. The van der Waals surface area contributed by atoms with Gasteiger partial charge in [0.15, 0.2) is 0 Å². The van der Waals surface area contributed by atoms with E-state index >= 15 is 0 Å². The van der Waals surface area contributed by atoms with Crippen molar-refractivity contribution in [1.82, 2.24) is 0 Å². The fourth-order valence-corrected chi connectivity index (χ4v) is 2.31. The van der Waals surface area contributed by atoms with Crippen molar-refractivity contribution in [2.75, 3.05) is 0 Å². The lowest BCUT2D eigenvalue weighted by Crippen LogP contribution is -1.91. The van der Waals surface area contributed by atoms with Crippen molar-refractivity contribution >= 4 is 0 Å². The number of hydrogen-bond acceptors (Lipinski definition) is 0. The normalized spacial score (nSPS) is 10.6. The Kier molecular flexibility index (Phi) is 4.19. The number of aryl methyl sites for hydroxylation is 3. The molecule has 0 saturated carbocycles. The first-order chi connectivity index (χ1) is 8.70. The van der Waals surface area contributed by atoms with Gasteiger partial charge in [-0.25, -0.2) is 0 Å². The van der Waals surface area contributed by atoms with Gasteiger partial charge >= 0.3 is 0 Å². The molecule has 0 heterocycles. The maximum atomic E-state index is 2.34. The topological polar surface area (TPSA) is 0 Å². The monoisotopic (exact) mass is 238 g/mol. The van der Waals surface area contributed by atoms with E-state index in [9.17, 15) is 0 Å². The number of rotatable bonds is 4. The van der Waals surface area contributed by atoms with Crippen molar-refractivity contribution < 1.29 is 0 Å². The third-order valence-corrected chi connectivity index (χ3v) is 3.42. The van der Waals surface area contributed by atoms with Crippen LogP contribution >= 0.6 is 0 Å². The molecule has 2 rings (SSSR count). The highest BCUT2D eigenvalue weighted by atomic mass is 14.1. The minimum Gasteiger partial charge on any atom is -0.0654 e. The van der Waals surface area contributed by atoms with E-state index in [1.807, 2.05) is 0 Å². The summed E-state index contributed by atoms with van der Waals surface area (Å²) >= 11 is 0. The Morgan fingerprint density at radius 1 is 0.833 bits per heavy atom. The highest BCUT2D eigenvalue weighted by molar-refractivity contribution is 5.68. The number of hydrogen-bond donors (Lipinski definition) is 0. The average molecular weight is 238 g/mol. The third kappa shape index (κ3) is 3.01. The molecule has 0 atom stereocenters. The van der Waals surface area contributed by atoms with Crippen LogP contribution in [0, 0.1) is 13.8 Å². The van der Waals surface area contributed by atoms with Crippen LogP contribution in [-0.4, -0.2) is 0 Å². The van der Waals surface area contributed by atoms with Gasteiger partial charge in [-0.2, -0.15) is 0 Å². The van der Waals surface area contributed by atoms with Gasteiger partial charge in [-0.05, 0) is 43.4 Å². The highest BCUT2D eigenvalue weighted by Crippen LogP contribution is 2.26. The molecule has 0 saturated heterocycles. The molecule has 0 aromatic heterocycles. The quantitative estimate of drug-likeness (QED) is 0.677. The Morgan fingerprint density at radius 3 is 2.17 bits per heavy atom. The van der Waals surface area contributed by atoms with Crippen LogP contribution in [0.15, 0.2) is 42.5 Å². The fourth-order valence-electron chi connectivity index (χ4n) is 2.31. The maximum Gasteiger partial charge on any atom is -0.0152 e. The summed E-state index contributed by atoms with van der Waals surface area (Å²) in [5.41, 5.74) is 6.90. The first-order valence-electron chi connectivity index (χ1n) is 6.87. The predicted octanol–water partition coefficient (Wildman–Crippen LogP) is 5.31. The minimum absolute atomic E-state index is 1.18. The first kappa shape index (κ1) is 12.9. The van der Waals surface area contributed by atoms with Gasteiger partial charge in [0.1, 0.15) is 0 Å². The molecule has 18 heavy (non-hydrogen) atoms. The first-order valence-corrected chi connectivity index (χ1v) is 6.87. The van der Waals surface area contributed by atoms with Gasteiger partial charge < -0.3 is 0 Å². The average Bonchev–Trinajstić information content (AvgIpc) is 2.38. The third-order valence-electron chi connectivity index (χ3n) is 3.42. The number of benzene rings is 2. The van der Waals surface area contributed by atoms with E-state index in [4.69, 9.17) is 0 Å². The van der Waals surface area contributed by atoms with Crippen molar-refractivity contribution in [2.24, 2.45) is 0 Å². The highest BCUT2D eigenvalue weighted by Gasteiger charge is 2.05. The summed E-state index contributed by atoms with van der Waals surface area (Å²) in [5.74, 6) is 0. The zero-order valence-corrected chi connectivity index (χ0v) is 11.7. The molecule has 0 aliphatic rings. The molecule has 2 aromatic rings. The molecular weight excluding hydrogens is 216 g/mol. The summed E-state index contributed by atoms with van der Waals surface area (Å²) in [4.78, 5) is 0. The summed E-state index contributed by atoms with van der Waals surface area (Å²) in [6.07, 6.45) is 3.70. The van der Waals surface area contributed by atoms with Gasteiger partial charge in [-0.1, -0.05) is 66.9 Å². The summed E-state index contributed by atoms with van der Waals surface area (Å²) in [5, 5.41) is 0. The van der Waals surface area contributed by atoms with Crippen LogP contribution in [0.3, 0.4) is 0 Å². The standard InChI is InChI=1S/C18H22/c1-4-5-6-17-13-15(3)9-12-18(17)16-10-7-14(2)8-11-16/h7-13H,4-6H2,1-3H3. The molecule has 0 nitrogen and oxygen atoms in total. The van der Waals surface area contributed by atoms with Gasteiger partial charge in [0, 0.05) is 0 Å². The fraction of sp³-hybridized carbons (Fsp3) is 0.333. The zero-order chi connectivity index (χ0) is 13.0. The molecular formula is C18H22. The predicted molar refractivity (Wildman–Crippen MR) is 80.0 cm³/mol. The van der Waals surface area contributed by atoms with E-state index in [-0.39, 0.29) is 0 Å². The van der Waals surface area contributed by atoms with Crippen LogP contribution in [0.25, 0.3) is 11.1 Å². The van der Waals surface area contributed by atoms with E-state index < -0.39 is 0 Å². The summed E-state index contributed by atoms with van der Waals surface area (Å²) < 4.78 is 0. The molecule has 0 bridgehead atoms. The molecule has 0 aliphatic carbocycles. The van der Waals surface area contributed by atoms with E-state index in [2.05, 4.69) is 63.2 Å². The van der Waals surface area contributed by atoms with Gasteiger partial charge in [-0.15, -0.1) is 0 Å². The van der Waals surface area contributed by atoms with Crippen LogP contribution in [0.5, 0.6) is 0 Å². The van der Waals surface area contributed by atoms with Crippen molar-refractivity contribution in [3.05, 3.63) is 59.2 Å². The maximum absolute atomic E-state index is 2.34. The molecule has 0 fully saturated rings. The van der Waals surface area contributed by atoms with Crippen LogP contribution in [0.1, 0.15) is 36.5 Å². The van der Waals surface area contributed by atoms with Crippen LogP contribution in [0.2, 0.25) is 0 Å². The van der Waals surface area contributed by atoms with Crippen molar-refractivity contribution in [3.8, 4) is 11.1 Å². The van der Waals surface area contributed by atoms with Gasteiger partial charge in [0.25, 0.3) is 0 Å². The Balaban J connectivity index is 2.39. The lowest BCUT2D eigenvalue weighted by atomic mass is 9.94. The Hall–Kier alpha value is -1.56. The zero-order valence-electron chi connectivity index (χ0n) is 11.7. The number of unbranched alkanes of at least 4 members (excludes halogenated alkanes) is 1. The van der Waals surface area contributed by atoms with Gasteiger partial charge in [0.05, 0.1) is 0 Å². The molecule has 0 radical (unpaired) electrons. The van der Waals surface area contributed by atoms with E-state index in [0.717, 1.165) is 0 Å². The second-order valence-electron chi connectivity index (χ2n) is 5.13. The molecule has 2 aromatic carbocycles. The second-order valence-corrected chi connectivity index (χ2v) is 5.13. The molecule has 0 heteroatoms. The lowest BCUT2D eigenvalue weighted by molar-refractivity contribution is 0.795. The van der Waals surface area contributed by atoms with Crippen molar-refractivity contribution in [2.45, 2.75) is 40.0 Å². The molecule has 0 aliphatic heterocycles. The van der Waals surface area contributed by atoms with Gasteiger partial charge in [0.2, 0.25) is 0 Å². The minimum atomic E-state index is 1.18. The Labute approximate surface area is 111 Å². The van der Waals surface area contributed by atoms with Crippen LogP contribution in [0.4, 0.5) is 0 Å². The van der Waals surface area contributed by atoms with Crippen LogP contribution in [-0.2, 0) is 6.42 Å². The molecule has 94 valence electrons. The Morgan fingerprint density at radius 2 is 1.50 bits per heavy atom. The SMILES string of the molecule is CCCCc1cc(C)ccc1-c1ccc(C)cc1. The molecule has 0 spiro atoms. The summed E-state index contributed by atoms with van der Waals surface area (Å²) in [6.45, 7) is 6.56. The molecule has 0 amide bonds. The van der Waals surface area contributed by atoms with E-state index in [0.29, 0.717) is 0 Å². The van der Waals surface area contributed by atoms with E-state index in [1.54, 1.807) is 0 Å².